The molecule has 1 aliphatic carbocycles. The van der Waals surface area contributed by atoms with Crippen LogP contribution in [0, 0.1) is 0 Å². The summed E-state index contributed by atoms with van der Waals surface area (Å²) in [4.78, 5) is 16.3. The van der Waals surface area contributed by atoms with Crippen molar-refractivity contribution in [3.05, 3.63) is 42.1 Å². The van der Waals surface area contributed by atoms with E-state index in [0.717, 1.165) is 61.1 Å². The van der Waals surface area contributed by atoms with E-state index in [9.17, 15) is 4.79 Å². The van der Waals surface area contributed by atoms with Crippen molar-refractivity contribution in [2.24, 2.45) is 0 Å². The molecule has 0 radical (unpaired) electrons. The maximum Gasteiger partial charge on any atom is 0.153 e. The maximum atomic E-state index is 11.4. The van der Waals surface area contributed by atoms with E-state index in [4.69, 9.17) is 4.74 Å². The Morgan fingerprint density at radius 3 is 2.21 bits per heavy atom. The van der Waals surface area contributed by atoms with E-state index in [1.54, 1.807) is 0 Å². The second-order valence-electron chi connectivity index (χ2n) is 8.35. The van der Waals surface area contributed by atoms with Gasteiger partial charge in [0, 0.05) is 44.1 Å². The second kappa shape index (κ2) is 7.63. The van der Waals surface area contributed by atoms with Gasteiger partial charge in [0.05, 0.1) is 5.56 Å². The summed E-state index contributed by atoms with van der Waals surface area (Å²) in [6, 6.07) is 11.1. The molecule has 1 saturated carbocycles. The summed E-state index contributed by atoms with van der Waals surface area (Å²) in [5, 5.41) is 0. The summed E-state index contributed by atoms with van der Waals surface area (Å²) in [6.45, 7) is 4.38. The van der Waals surface area contributed by atoms with E-state index < -0.39 is 0 Å². The Morgan fingerprint density at radius 1 is 0.893 bits per heavy atom. The van der Waals surface area contributed by atoms with Crippen molar-refractivity contribution < 1.29 is 9.53 Å². The van der Waals surface area contributed by atoms with Crippen LogP contribution in [0.15, 0.2) is 36.5 Å². The van der Waals surface area contributed by atoms with Gasteiger partial charge in [-0.1, -0.05) is 6.42 Å². The Morgan fingerprint density at radius 2 is 1.64 bits per heavy atom. The monoisotopic (exact) mass is 379 g/mol. The molecule has 148 valence electrons. The Bertz CT molecular complexity index is 813. The molecule has 5 rings (SSSR count). The highest BCUT2D eigenvalue weighted by atomic mass is 16.5. The zero-order valence-electron chi connectivity index (χ0n) is 16.4. The molecular weight excluding hydrogens is 350 g/mol. The Hall–Kier alpha value is -2.27. The number of hydrogen-bond acceptors (Lipinski definition) is 4. The molecule has 28 heavy (non-hydrogen) atoms. The summed E-state index contributed by atoms with van der Waals surface area (Å²) in [6.07, 6.45) is 10.9. The number of piperidine rings is 1. The van der Waals surface area contributed by atoms with Gasteiger partial charge in [0.2, 0.25) is 0 Å². The van der Waals surface area contributed by atoms with Crippen LogP contribution in [0.3, 0.4) is 0 Å². The van der Waals surface area contributed by atoms with E-state index in [2.05, 4.69) is 38.6 Å². The highest BCUT2D eigenvalue weighted by Crippen LogP contribution is 2.31. The molecule has 2 aliphatic heterocycles. The minimum absolute atomic E-state index is 0.326. The number of carbonyl (C=O) groups excluding carboxylic acids is 1. The highest BCUT2D eigenvalue weighted by Gasteiger charge is 2.29. The Labute approximate surface area is 166 Å². The molecule has 5 nitrogen and oxygen atoms in total. The number of benzene rings is 1. The smallest absolute Gasteiger partial charge is 0.153 e. The van der Waals surface area contributed by atoms with Crippen LogP contribution < -0.4 is 9.64 Å². The fraction of sp³-hybridized carbons (Fsp3) is 0.522. The van der Waals surface area contributed by atoms with Crippen LogP contribution in [0.4, 0.5) is 5.82 Å². The number of anilines is 1. The number of aldehydes is 1. The van der Waals surface area contributed by atoms with Crippen molar-refractivity contribution in [1.82, 2.24) is 9.47 Å². The van der Waals surface area contributed by atoms with Crippen molar-refractivity contribution in [3.63, 3.8) is 0 Å². The first-order valence-corrected chi connectivity index (χ1v) is 10.7. The molecule has 3 fully saturated rings. The van der Waals surface area contributed by atoms with Gasteiger partial charge in [0.25, 0.3) is 0 Å². The van der Waals surface area contributed by atoms with Gasteiger partial charge in [-0.3, -0.25) is 4.79 Å². The second-order valence-corrected chi connectivity index (χ2v) is 8.35. The number of likely N-dealkylation sites (tertiary alicyclic amines) is 1. The summed E-state index contributed by atoms with van der Waals surface area (Å²) >= 11 is 0. The van der Waals surface area contributed by atoms with Crippen molar-refractivity contribution in [1.29, 1.82) is 0 Å². The minimum Gasteiger partial charge on any atom is -0.490 e. The molecule has 0 bridgehead atoms. The van der Waals surface area contributed by atoms with Crippen molar-refractivity contribution in [3.8, 4) is 11.4 Å². The standard InChI is InChI=1S/C23H29N3O2/c27-17-18-9-16-26(23(18)25-12-2-13-25)20-5-7-21(8-6-20)28-22-10-14-24(15-11-22)19-3-1-4-19/h5-9,16-17,19,22H,1-4,10-15H2. The molecule has 0 spiro atoms. The Kier molecular flexibility index (Phi) is 4.85. The average Bonchev–Trinajstić information content (AvgIpc) is 3.05. The van der Waals surface area contributed by atoms with Crippen molar-refractivity contribution >= 4 is 12.1 Å². The predicted octanol–water partition coefficient (Wildman–Crippen LogP) is 3.90. The molecule has 0 amide bonds. The fourth-order valence-electron chi connectivity index (χ4n) is 4.59. The first kappa shape index (κ1) is 17.8. The van der Waals surface area contributed by atoms with Gasteiger partial charge < -0.3 is 19.1 Å². The van der Waals surface area contributed by atoms with E-state index >= 15 is 0 Å². The molecule has 3 aliphatic rings. The first-order chi connectivity index (χ1) is 13.8. The molecule has 0 atom stereocenters. The third-order valence-corrected chi connectivity index (χ3v) is 6.66. The number of hydrogen-bond donors (Lipinski definition) is 0. The van der Waals surface area contributed by atoms with Crippen molar-refractivity contribution in [2.75, 3.05) is 31.1 Å². The summed E-state index contributed by atoms with van der Waals surface area (Å²) in [5.74, 6) is 1.96. The van der Waals surface area contributed by atoms with Crippen LogP contribution in [0.1, 0.15) is 48.9 Å². The number of rotatable bonds is 6. The van der Waals surface area contributed by atoms with Gasteiger partial charge >= 0.3 is 0 Å². The third kappa shape index (κ3) is 3.32. The Balaban J connectivity index is 1.24. The van der Waals surface area contributed by atoms with Crippen LogP contribution >= 0.6 is 0 Å². The molecular formula is C23H29N3O2. The highest BCUT2D eigenvalue weighted by molar-refractivity contribution is 5.84. The molecule has 1 aromatic carbocycles. The van der Waals surface area contributed by atoms with Gasteiger partial charge in [-0.15, -0.1) is 0 Å². The van der Waals surface area contributed by atoms with Gasteiger partial charge in [-0.05, 0) is 62.4 Å². The number of aromatic nitrogens is 1. The SMILES string of the molecule is O=Cc1ccn(-c2ccc(OC3CCN(C4CCC4)CC3)cc2)c1N1CCC1. The predicted molar refractivity (Wildman–Crippen MR) is 111 cm³/mol. The molecule has 2 aromatic rings. The zero-order chi connectivity index (χ0) is 18.9. The molecule has 0 N–H and O–H groups in total. The molecule has 1 aromatic heterocycles. The number of carbonyl (C=O) groups is 1. The van der Waals surface area contributed by atoms with Crippen LogP contribution in [-0.2, 0) is 0 Å². The molecule has 3 heterocycles. The lowest BCUT2D eigenvalue weighted by molar-refractivity contribution is 0.0493. The van der Waals surface area contributed by atoms with Gasteiger partial charge in [-0.2, -0.15) is 0 Å². The summed E-state index contributed by atoms with van der Waals surface area (Å²) in [5.41, 5.74) is 1.83. The van der Waals surface area contributed by atoms with Crippen LogP contribution in [0.5, 0.6) is 5.75 Å². The summed E-state index contributed by atoms with van der Waals surface area (Å²) < 4.78 is 8.37. The molecule has 2 saturated heterocycles. The van der Waals surface area contributed by atoms with Crippen LogP contribution in [0.25, 0.3) is 5.69 Å². The van der Waals surface area contributed by atoms with Crippen LogP contribution in [-0.4, -0.2) is 54.1 Å². The van der Waals surface area contributed by atoms with E-state index in [1.807, 2.05) is 12.3 Å². The topological polar surface area (TPSA) is 37.7 Å². The van der Waals surface area contributed by atoms with Gasteiger partial charge in [0.1, 0.15) is 17.7 Å². The minimum atomic E-state index is 0.326. The molecule has 5 heteroatoms. The molecule has 0 unspecified atom stereocenters. The lowest BCUT2D eigenvalue weighted by atomic mass is 9.90. The maximum absolute atomic E-state index is 11.4. The van der Waals surface area contributed by atoms with E-state index in [-0.39, 0.29) is 0 Å². The largest absolute Gasteiger partial charge is 0.490 e. The summed E-state index contributed by atoms with van der Waals surface area (Å²) in [7, 11) is 0. The quantitative estimate of drug-likeness (QED) is 0.714. The fourth-order valence-corrected chi connectivity index (χ4v) is 4.59. The van der Waals surface area contributed by atoms with Gasteiger partial charge in [0.15, 0.2) is 6.29 Å². The number of nitrogens with zero attached hydrogens (tertiary/aromatic N) is 3. The lowest BCUT2D eigenvalue weighted by Gasteiger charge is -2.41. The normalized spacial score (nSPS) is 21.2. The third-order valence-electron chi connectivity index (χ3n) is 6.66. The first-order valence-electron chi connectivity index (χ1n) is 10.7. The zero-order valence-corrected chi connectivity index (χ0v) is 16.4. The number of ether oxygens (including phenoxy) is 1. The van der Waals surface area contributed by atoms with E-state index in [0.29, 0.717) is 6.10 Å². The van der Waals surface area contributed by atoms with E-state index in [1.165, 1.54) is 38.8 Å². The van der Waals surface area contributed by atoms with Crippen molar-refractivity contribution in [2.45, 2.75) is 50.7 Å². The lowest BCUT2D eigenvalue weighted by Crippen LogP contribution is -2.46. The van der Waals surface area contributed by atoms with Gasteiger partial charge in [-0.25, -0.2) is 0 Å². The van der Waals surface area contributed by atoms with Crippen LogP contribution in [0.2, 0.25) is 0 Å². The average molecular weight is 380 g/mol.